The van der Waals surface area contributed by atoms with Gasteiger partial charge >= 0.3 is 0 Å². The van der Waals surface area contributed by atoms with Gasteiger partial charge in [-0.3, -0.25) is 0 Å². The molecular weight excluding hydrogens is 288 g/mol. The van der Waals surface area contributed by atoms with Crippen LogP contribution >= 0.6 is 34.9 Å². The highest BCUT2D eigenvalue weighted by atomic mass is 32.2. The molecule has 0 N–H and O–H groups in total. The summed E-state index contributed by atoms with van der Waals surface area (Å²) in [7, 11) is 0. The van der Waals surface area contributed by atoms with Crippen LogP contribution in [0.3, 0.4) is 0 Å². The highest BCUT2D eigenvalue weighted by molar-refractivity contribution is 8.02. The van der Waals surface area contributed by atoms with Gasteiger partial charge in [0.1, 0.15) is 0 Å². The average Bonchev–Trinajstić information content (AvgIpc) is 2.94. The molecule has 0 bridgehead atoms. The molecule has 5 nitrogen and oxygen atoms in total. The van der Waals surface area contributed by atoms with Crippen molar-refractivity contribution < 1.29 is 4.52 Å². The lowest BCUT2D eigenvalue weighted by molar-refractivity contribution is 0.319. The number of hydrogen-bond donors (Lipinski definition) is 0. The Kier molecular flexibility index (Phi) is 4.29. The standard InChI is InChI=1S/C10H14N4OS3/c1-10(2,3)7-11-6(14-15-7)5-17-9-13-12-8(16-4)18-9/h5H2,1-4H3. The molecule has 2 rings (SSSR count). The normalized spacial score (nSPS) is 12.0. The zero-order valence-electron chi connectivity index (χ0n) is 10.6. The Labute approximate surface area is 118 Å². The van der Waals surface area contributed by atoms with Gasteiger partial charge in [0.05, 0.1) is 5.75 Å². The molecule has 0 aromatic carbocycles. The number of aromatic nitrogens is 4. The third kappa shape index (κ3) is 3.46. The first kappa shape index (κ1) is 13.8. The van der Waals surface area contributed by atoms with Crippen LogP contribution in [0.2, 0.25) is 0 Å². The van der Waals surface area contributed by atoms with Crippen LogP contribution in [0.1, 0.15) is 32.5 Å². The Morgan fingerprint density at radius 2 is 1.94 bits per heavy atom. The molecule has 0 radical (unpaired) electrons. The van der Waals surface area contributed by atoms with Crippen molar-refractivity contribution in [3.05, 3.63) is 11.7 Å². The summed E-state index contributed by atoms with van der Waals surface area (Å²) >= 11 is 4.76. The Balaban J connectivity index is 1.96. The van der Waals surface area contributed by atoms with Crippen molar-refractivity contribution in [2.24, 2.45) is 0 Å². The van der Waals surface area contributed by atoms with Gasteiger partial charge in [-0.05, 0) is 6.26 Å². The predicted octanol–water partition coefficient (Wildman–Crippen LogP) is 3.23. The maximum atomic E-state index is 5.23. The van der Waals surface area contributed by atoms with Crippen LogP contribution in [0.4, 0.5) is 0 Å². The van der Waals surface area contributed by atoms with Crippen LogP contribution in [0.25, 0.3) is 0 Å². The molecule has 0 saturated heterocycles. The van der Waals surface area contributed by atoms with E-state index in [0.717, 1.165) is 8.68 Å². The van der Waals surface area contributed by atoms with Gasteiger partial charge in [-0.15, -0.1) is 10.2 Å². The quantitative estimate of drug-likeness (QED) is 0.803. The highest BCUT2D eigenvalue weighted by Crippen LogP contribution is 2.29. The van der Waals surface area contributed by atoms with Crippen molar-refractivity contribution in [2.75, 3.05) is 6.26 Å². The summed E-state index contributed by atoms with van der Waals surface area (Å²) in [5, 5.41) is 12.1. The summed E-state index contributed by atoms with van der Waals surface area (Å²) in [6.07, 6.45) is 1.99. The zero-order valence-corrected chi connectivity index (χ0v) is 13.1. The smallest absolute Gasteiger partial charge is 0.232 e. The second-order valence-electron chi connectivity index (χ2n) is 4.59. The van der Waals surface area contributed by atoms with Crippen LogP contribution in [-0.2, 0) is 11.2 Å². The molecule has 98 valence electrons. The molecular formula is C10H14N4OS3. The predicted molar refractivity (Wildman–Crippen MR) is 74.2 cm³/mol. The first-order valence-electron chi connectivity index (χ1n) is 5.32. The minimum Gasteiger partial charge on any atom is -0.339 e. The first-order chi connectivity index (χ1) is 8.49. The largest absolute Gasteiger partial charge is 0.339 e. The van der Waals surface area contributed by atoms with E-state index in [1.807, 2.05) is 27.0 Å². The maximum absolute atomic E-state index is 5.23. The topological polar surface area (TPSA) is 64.7 Å². The molecule has 0 unspecified atom stereocenters. The van der Waals surface area contributed by atoms with Gasteiger partial charge in [0, 0.05) is 5.41 Å². The summed E-state index contributed by atoms with van der Waals surface area (Å²) < 4.78 is 7.14. The van der Waals surface area contributed by atoms with E-state index in [1.54, 1.807) is 34.9 Å². The lowest BCUT2D eigenvalue weighted by Gasteiger charge is -2.10. The van der Waals surface area contributed by atoms with Crippen molar-refractivity contribution in [3.8, 4) is 0 Å². The third-order valence-corrected chi connectivity index (χ3v) is 5.03. The number of rotatable bonds is 4. The summed E-state index contributed by atoms with van der Waals surface area (Å²) in [4.78, 5) is 4.38. The fourth-order valence-electron chi connectivity index (χ4n) is 1.08. The molecule has 2 heterocycles. The molecule has 0 aliphatic rings. The van der Waals surface area contributed by atoms with Gasteiger partial charge in [0.25, 0.3) is 0 Å². The Morgan fingerprint density at radius 3 is 2.50 bits per heavy atom. The molecule has 2 aromatic heterocycles. The molecule has 0 aliphatic heterocycles. The van der Waals surface area contributed by atoms with Crippen LogP contribution in [0, 0.1) is 0 Å². The van der Waals surface area contributed by atoms with Gasteiger partial charge in [-0.2, -0.15) is 4.98 Å². The molecule has 0 amide bonds. The van der Waals surface area contributed by atoms with E-state index in [1.165, 1.54) is 0 Å². The van der Waals surface area contributed by atoms with Crippen molar-refractivity contribution >= 4 is 34.9 Å². The summed E-state index contributed by atoms with van der Waals surface area (Å²) in [5.41, 5.74) is -0.106. The van der Waals surface area contributed by atoms with Gasteiger partial charge < -0.3 is 4.52 Å². The van der Waals surface area contributed by atoms with E-state index in [0.29, 0.717) is 17.5 Å². The summed E-state index contributed by atoms with van der Waals surface area (Å²) in [6.45, 7) is 6.15. The third-order valence-electron chi connectivity index (χ3n) is 2.00. The monoisotopic (exact) mass is 302 g/mol. The number of thioether (sulfide) groups is 2. The van der Waals surface area contributed by atoms with E-state index in [-0.39, 0.29) is 5.41 Å². The molecule has 0 saturated carbocycles. The van der Waals surface area contributed by atoms with Crippen LogP contribution < -0.4 is 0 Å². The van der Waals surface area contributed by atoms with E-state index in [4.69, 9.17) is 4.52 Å². The summed E-state index contributed by atoms with van der Waals surface area (Å²) in [5.74, 6) is 2.02. The van der Waals surface area contributed by atoms with E-state index < -0.39 is 0 Å². The first-order valence-corrected chi connectivity index (χ1v) is 8.35. The molecule has 0 fully saturated rings. The summed E-state index contributed by atoms with van der Waals surface area (Å²) in [6, 6.07) is 0. The van der Waals surface area contributed by atoms with Gasteiger partial charge in [-0.25, -0.2) is 0 Å². The minimum atomic E-state index is -0.106. The fourth-order valence-corrected chi connectivity index (χ4v) is 3.36. The molecule has 0 aliphatic carbocycles. The average molecular weight is 302 g/mol. The minimum absolute atomic E-state index is 0.106. The van der Waals surface area contributed by atoms with Crippen LogP contribution in [0.15, 0.2) is 13.2 Å². The SMILES string of the molecule is CSc1nnc(SCc2noc(C(C)(C)C)n2)s1. The van der Waals surface area contributed by atoms with Crippen LogP contribution in [0.5, 0.6) is 0 Å². The zero-order chi connectivity index (χ0) is 13.2. The molecule has 0 atom stereocenters. The Bertz CT molecular complexity index is 517. The van der Waals surface area contributed by atoms with E-state index in [2.05, 4.69) is 20.3 Å². The van der Waals surface area contributed by atoms with Crippen molar-refractivity contribution in [1.29, 1.82) is 0 Å². The van der Waals surface area contributed by atoms with E-state index in [9.17, 15) is 0 Å². The van der Waals surface area contributed by atoms with Gasteiger partial charge in [-0.1, -0.05) is 60.8 Å². The second-order valence-corrected chi connectivity index (χ2v) is 7.85. The van der Waals surface area contributed by atoms with Gasteiger partial charge in [0.15, 0.2) is 14.5 Å². The number of hydrogen-bond acceptors (Lipinski definition) is 8. The van der Waals surface area contributed by atoms with E-state index >= 15 is 0 Å². The maximum Gasteiger partial charge on any atom is 0.232 e. The van der Waals surface area contributed by atoms with Crippen molar-refractivity contribution in [3.63, 3.8) is 0 Å². The molecule has 0 spiro atoms. The molecule has 2 aromatic rings. The van der Waals surface area contributed by atoms with Gasteiger partial charge in [0.2, 0.25) is 5.89 Å². The second kappa shape index (κ2) is 5.58. The lowest BCUT2D eigenvalue weighted by Crippen LogP contribution is -2.11. The van der Waals surface area contributed by atoms with Crippen molar-refractivity contribution in [1.82, 2.24) is 20.3 Å². The number of nitrogens with zero attached hydrogens (tertiary/aromatic N) is 4. The lowest BCUT2D eigenvalue weighted by atomic mass is 9.97. The van der Waals surface area contributed by atoms with Crippen molar-refractivity contribution in [2.45, 2.75) is 40.6 Å². The van der Waals surface area contributed by atoms with Crippen LogP contribution in [-0.4, -0.2) is 26.6 Å². The Morgan fingerprint density at radius 1 is 1.22 bits per heavy atom. The Hall–Kier alpha value is -0.600. The molecule has 18 heavy (non-hydrogen) atoms. The molecule has 8 heteroatoms. The highest BCUT2D eigenvalue weighted by Gasteiger charge is 2.21. The fraction of sp³-hybridized carbons (Fsp3) is 0.600.